The van der Waals surface area contributed by atoms with Crippen molar-refractivity contribution < 1.29 is 0 Å². The summed E-state index contributed by atoms with van der Waals surface area (Å²) in [6, 6.07) is 0. The van der Waals surface area contributed by atoms with Crippen molar-refractivity contribution in [3.8, 4) is 11.5 Å². The van der Waals surface area contributed by atoms with E-state index in [-0.39, 0.29) is 0 Å². The standard InChI is InChI=1S/C12H11N5S/c1-9-8-18-11(16-9)7-17-5-4-15-12(17)10-6-13-2-3-14-10/h2-6,8H,7H2,1H3. The van der Waals surface area contributed by atoms with Gasteiger partial charge in [-0.3, -0.25) is 4.98 Å². The molecule has 3 heterocycles. The van der Waals surface area contributed by atoms with Gasteiger partial charge in [-0.15, -0.1) is 11.3 Å². The van der Waals surface area contributed by atoms with E-state index in [4.69, 9.17) is 0 Å². The number of nitrogens with zero attached hydrogens (tertiary/aromatic N) is 5. The van der Waals surface area contributed by atoms with Gasteiger partial charge in [-0.2, -0.15) is 0 Å². The molecule has 18 heavy (non-hydrogen) atoms. The summed E-state index contributed by atoms with van der Waals surface area (Å²) >= 11 is 1.66. The minimum absolute atomic E-state index is 0.713. The molecule has 0 unspecified atom stereocenters. The number of hydrogen-bond acceptors (Lipinski definition) is 5. The van der Waals surface area contributed by atoms with Crippen molar-refractivity contribution in [2.45, 2.75) is 13.5 Å². The highest BCUT2D eigenvalue weighted by molar-refractivity contribution is 7.09. The maximum Gasteiger partial charge on any atom is 0.160 e. The molecule has 0 atom stereocenters. The molecule has 90 valence electrons. The minimum Gasteiger partial charge on any atom is -0.323 e. The molecule has 0 saturated heterocycles. The molecular weight excluding hydrogens is 246 g/mol. The van der Waals surface area contributed by atoms with Crippen molar-refractivity contribution in [3.05, 3.63) is 47.1 Å². The van der Waals surface area contributed by atoms with Crippen LogP contribution in [-0.4, -0.2) is 24.5 Å². The van der Waals surface area contributed by atoms with Gasteiger partial charge in [0, 0.05) is 35.9 Å². The Hall–Kier alpha value is -2.08. The largest absolute Gasteiger partial charge is 0.323 e. The first-order valence-electron chi connectivity index (χ1n) is 5.51. The Labute approximate surface area is 108 Å². The van der Waals surface area contributed by atoms with E-state index < -0.39 is 0 Å². The molecule has 0 spiro atoms. The lowest BCUT2D eigenvalue weighted by Crippen LogP contribution is -2.02. The summed E-state index contributed by atoms with van der Waals surface area (Å²) in [5.74, 6) is 0.816. The Morgan fingerprint density at radius 2 is 2.17 bits per heavy atom. The monoisotopic (exact) mass is 257 g/mol. The van der Waals surface area contributed by atoms with Crippen LogP contribution in [0.5, 0.6) is 0 Å². The summed E-state index contributed by atoms with van der Waals surface area (Å²) in [7, 11) is 0. The zero-order valence-electron chi connectivity index (χ0n) is 9.82. The van der Waals surface area contributed by atoms with E-state index in [0.29, 0.717) is 6.54 Å². The highest BCUT2D eigenvalue weighted by Gasteiger charge is 2.09. The average molecular weight is 257 g/mol. The van der Waals surface area contributed by atoms with Crippen LogP contribution in [0.3, 0.4) is 0 Å². The van der Waals surface area contributed by atoms with Gasteiger partial charge in [-0.25, -0.2) is 15.0 Å². The van der Waals surface area contributed by atoms with Gasteiger partial charge in [0.05, 0.1) is 12.7 Å². The zero-order valence-corrected chi connectivity index (χ0v) is 10.6. The summed E-state index contributed by atoms with van der Waals surface area (Å²) in [4.78, 5) is 17.1. The van der Waals surface area contributed by atoms with E-state index in [1.807, 2.05) is 23.1 Å². The quantitative estimate of drug-likeness (QED) is 0.721. The second kappa shape index (κ2) is 4.66. The number of hydrogen-bond donors (Lipinski definition) is 0. The van der Waals surface area contributed by atoms with E-state index in [1.165, 1.54) is 0 Å². The molecule has 6 heteroatoms. The summed E-state index contributed by atoms with van der Waals surface area (Å²) in [5, 5.41) is 3.12. The first-order chi connectivity index (χ1) is 8.83. The van der Waals surface area contributed by atoms with Gasteiger partial charge < -0.3 is 4.57 Å². The normalized spacial score (nSPS) is 10.7. The Morgan fingerprint density at radius 3 is 2.89 bits per heavy atom. The van der Waals surface area contributed by atoms with Crippen LogP contribution in [0.2, 0.25) is 0 Å². The molecule has 0 fully saturated rings. The van der Waals surface area contributed by atoms with Crippen molar-refractivity contribution in [3.63, 3.8) is 0 Å². The molecule has 3 aromatic heterocycles. The van der Waals surface area contributed by atoms with Crippen LogP contribution in [0, 0.1) is 6.92 Å². The van der Waals surface area contributed by atoms with Gasteiger partial charge in [0.2, 0.25) is 0 Å². The van der Waals surface area contributed by atoms with Gasteiger partial charge in [-0.1, -0.05) is 0 Å². The van der Waals surface area contributed by atoms with Crippen LogP contribution in [0.4, 0.5) is 0 Å². The van der Waals surface area contributed by atoms with Crippen molar-refractivity contribution in [2.24, 2.45) is 0 Å². The minimum atomic E-state index is 0.713. The molecule has 0 aliphatic rings. The first kappa shape index (κ1) is 11.0. The number of imidazole rings is 1. The van der Waals surface area contributed by atoms with Gasteiger partial charge in [0.15, 0.2) is 5.82 Å². The summed E-state index contributed by atoms with van der Waals surface area (Å²) in [5.41, 5.74) is 1.83. The van der Waals surface area contributed by atoms with E-state index in [1.54, 1.807) is 36.1 Å². The molecule has 0 aliphatic carbocycles. The molecule has 0 aliphatic heterocycles. The molecule has 0 aromatic carbocycles. The van der Waals surface area contributed by atoms with E-state index in [2.05, 4.69) is 19.9 Å². The van der Waals surface area contributed by atoms with Crippen molar-refractivity contribution in [2.75, 3.05) is 0 Å². The third kappa shape index (κ3) is 2.14. The maximum absolute atomic E-state index is 4.45. The second-order valence-electron chi connectivity index (χ2n) is 3.85. The summed E-state index contributed by atoms with van der Waals surface area (Å²) < 4.78 is 2.03. The number of rotatable bonds is 3. The molecule has 3 rings (SSSR count). The van der Waals surface area contributed by atoms with Crippen LogP contribution in [-0.2, 0) is 6.54 Å². The predicted molar refractivity (Wildman–Crippen MR) is 69.2 cm³/mol. The lowest BCUT2D eigenvalue weighted by atomic mass is 10.4. The third-order valence-electron chi connectivity index (χ3n) is 2.48. The van der Waals surface area contributed by atoms with E-state index in [0.717, 1.165) is 22.2 Å². The van der Waals surface area contributed by atoms with Crippen LogP contribution >= 0.6 is 11.3 Å². The highest BCUT2D eigenvalue weighted by Crippen LogP contribution is 2.16. The fourth-order valence-electron chi connectivity index (χ4n) is 1.71. The van der Waals surface area contributed by atoms with Gasteiger partial charge in [-0.05, 0) is 6.92 Å². The van der Waals surface area contributed by atoms with E-state index >= 15 is 0 Å². The lowest BCUT2D eigenvalue weighted by molar-refractivity contribution is 0.793. The van der Waals surface area contributed by atoms with Crippen LogP contribution in [0.25, 0.3) is 11.5 Å². The molecule has 0 saturated carbocycles. The van der Waals surface area contributed by atoms with Crippen LogP contribution in [0.15, 0.2) is 36.4 Å². The third-order valence-corrected chi connectivity index (χ3v) is 3.43. The average Bonchev–Trinajstić information content (AvgIpc) is 3.00. The fraction of sp³-hybridized carbons (Fsp3) is 0.167. The molecule has 0 radical (unpaired) electrons. The van der Waals surface area contributed by atoms with Crippen molar-refractivity contribution >= 4 is 11.3 Å². The summed E-state index contributed by atoms with van der Waals surface area (Å²) in [6.45, 7) is 2.71. The Kier molecular flexibility index (Phi) is 2.85. The van der Waals surface area contributed by atoms with Crippen LogP contribution in [0.1, 0.15) is 10.7 Å². The zero-order chi connectivity index (χ0) is 12.4. The molecule has 0 amide bonds. The Bertz CT molecular complexity index is 643. The molecule has 0 N–H and O–H groups in total. The number of aromatic nitrogens is 5. The van der Waals surface area contributed by atoms with Crippen LogP contribution < -0.4 is 0 Å². The van der Waals surface area contributed by atoms with Gasteiger partial charge in [0.25, 0.3) is 0 Å². The number of thiazole rings is 1. The lowest BCUT2D eigenvalue weighted by Gasteiger charge is -2.04. The maximum atomic E-state index is 4.45. The topological polar surface area (TPSA) is 56.5 Å². The molecule has 5 nitrogen and oxygen atoms in total. The van der Waals surface area contributed by atoms with Gasteiger partial charge in [0.1, 0.15) is 10.7 Å². The Morgan fingerprint density at radius 1 is 1.22 bits per heavy atom. The Balaban J connectivity index is 1.93. The first-order valence-corrected chi connectivity index (χ1v) is 6.39. The molecular formula is C12H11N5S. The predicted octanol–water partition coefficient (Wildman–Crippen LogP) is 2.15. The van der Waals surface area contributed by atoms with Crippen molar-refractivity contribution in [1.29, 1.82) is 0 Å². The van der Waals surface area contributed by atoms with Crippen molar-refractivity contribution in [1.82, 2.24) is 24.5 Å². The SMILES string of the molecule is Cc1csc(Cn2ccnc2-c2cnccn2)n1. The van der Waals surface area contributed by atoms with Gasteiger partial charge >= 0.3 is 0 Å². The smallest absolute Gasteiger partial charge is 0.160 e. The van der Waals surface area contributed by atoms with E-state index in [9.17, 15) is 0 Å². The molecule has 0 bridgehead atoms. The molecule has 3 aromatic rings. The second-order valence-corrected chi connectivity index (χ2v) is 4.79. The highest BCUT2D eigenvalue weighted by atomic mass is 32.1. The fourth-order valence-corrected chi connectivity index (χ4v) is 2.48. The summed E-state index contributed by atoms with van der Waals surface area (Å²) in [6.07, 6.45) is 8.74. The number of aryl methyl sites for hydroxylation is 1.